The fourth-order valence-electron chi connectivity index (χ4n) is 0.877. The van der Waals surface area contributed by atoms with Gasteiger partial charge >= 0.3 is 0 Å². The Hall–Kier alpha value is 0.270. The van der Waals surface area contributed by atoms with Gasteiger partial charge in [0, 0.05) is 23.6 Å². The second-order valence-corrected chi connectivity index (χ2v) is 4.94. The van der Waals surface area contributed by atoms with Gasteiger partial charge in [0.15, 0.2) is 0 Å². The van der Waals surface area contributed by atoms with E-state index < -0.39 is 0 Å². The summed E-state index contributed by atoms with van der Waals surface area (Å²) in [5.41, 5.74) is 5.90. The summed E-state index contributed by atoms with van der Waals surface area (Å²) in [6.45, 7) is 5.51. The monoisotopic (exact) mass is 190 g/mol. The Bertz CT molecular complexity index is 107. The topological polar surface area (TPSA) is 29.3 Å². The van der Waals surface area contributed by atoms with Gasteiger partial charge in [-0.25, -0.2) is 0 Å². The highest BCUT2D eigenvalue weighted by molar-refractivity contribution is 7.99. The number of hydrogen-bond acceptors (Lipinski definition) is 3. The van der Waals surface area contributed by atoms with Crippen LogP contribution in [-0.4, -0.2) is 42.6 Å². The summed E-state index contributed by atoms with van der Waals surface area (Å²) in [5, 5.41) is 0.593. The second kappa shape index (κ2) is 6.75. The van der Waals surface area contributed by atoms with E-state index in [1.54, 1.807) is 0 Å². The standard InChI is InChI=1S/C9H22N2S/c1-5-9(10)8(2)12-7-6-11(3)4/h8-9H,5-7,10H2,1-4H3. The van der Waals surface area contributed by atoms with Crippen molar-refractivity contribution >= 4 is 11.8 Å². The van der Waals surface area contributed by atoms with Crippen LogP contribution >= 0.6 is 11.8 Å². The predicted molar refractivity (Wildman–Crippen MR) is 58.7 cm³/mol. The molecule has 0 aliphatic rings. The smallest absolute Gasteiger partial charge is 0.0171 e. The molecular weight excluding hydrogens is 168 g/mol. The first-order valence-electron chi connectivity index (χ1n) is 4.59. The van der Waals surface area contributed by atoms with Crippen molar-refractivity contribution in [1.29, 1.82) is 0 Å². The van der Waals surface area contributed by atoms with E-state index in [-0.39, 0.29) is 0 Å². The molecule has 0 saturated heterocycles. The highest BCUT2D eigenvalue weighted by Crippen LogP contribution is 2.14. The lowest BCUT2D eigenvalue weighted by molar-refractivity contribution is 0.437. The summed E-state index contributed by atoms with van der Waals surface area (Å²) < 4.78 is 0. The van der Waals surface area contributed by atoms with E-state index in [2.05, 4.69) is 32.8 Å². The van der Waals surface area contributed by atoms with E-state index >= 15 is 0 Å². The molecule has 0 bridgehead atoms. The van der Waals surface area contributed by atoms with Gasteiger partial charge in [-0.1, -0.05) is 13.8 Å². The number of thioether (sulfide) groups is 1. The van der Waals surface area contributed by atoms with Crippen LogP contribution in [0, 0.1) is 0 Å². The normalized spacial score (nSPS) is 16.5. The molecule has 0 aliphatic carbocycles. The summed E-state index contributed by atoms with van der Waals surface area (Å²) >= 11 is 1.97. The second-order valence-electron chi connectivity index (χ2n) is 3.45. The third-order valence-corrected chi connectivity index (χ3v) is 3.29. The maximum Gasteiger partial charge on any atom is 0.0171 e. The molecule has 0 aromatic heterocycles. The molecule has 0 heterocycles. The van der Waals surface area contributed by atoms with Gasteiger partial charge in [0.25, 0.3) is 0 Å². The van der Waals surface area contributed by atoms with E-state index in [0.717, 1.165) is 13.0 Å². The molecule has 2 atom stereocenters. The summed E-state index contributed by atoms with van der Waals surface area (Å²) in [4.78, 5) is 2.21. The summed E-state index contributed by atoms with van der Waals surface area (Å²) in [5.74, 6) is 1.18. The molecule has 3 heteroatoms. The van der Waals surface area contributed by atoms with Crippen LogP contribution < -0.4 is 5.73 Å². The van der Waals surface area contributed by atoms with Crippen molar-refractivity contribution in [2.75, 3.05) is 26.4 Å². The number of nitrogens with two attached hydrogens (primary N) is 1. The molecule has 12 heavy (non-hydrogen) atoms. The molecule has 0 aromatic carbocycles. The summed E-state index contributed by atoms with van der Waals surface area (Å²) in [7, 11) is 4.20. The van der Waals surface area contributed by atoms with E-state index in [1.807, 2.05) is 11.8 Å². The zero-order chi connectivity index (χ0) is 9.56. The minimum atomic E-state index is 0.358. The Balaban J connectivity index is 3.37. The van der Waals surface area contributed by atoms with Gasteiger partial charge in [0.1, 0.15) is 0 Å². The van der Waals surface area contributed by atoms with E-state index in [1.165, 1.54) is 5.75 Å². The van der Waals surface area contributed by atoms with Crippen molar-refractivity contribution in [3.8, 4) is 0 Å². The highest BCUT2D eigenvalue weighted by Gasteiger charge is 2.10. The van der Waals surface area contributed by atoms with Crippen LogP contribution in [0.1, 0.15) is 20.3 Å². The summed E-state index contributed by atoms with van der Waals surface area (Å²) in [6, 6.07) is 0.358. The third kappa shape index (κ3) is 5.86. The number of hydrogen-bond donors (Lipinski definition) is 1. The van der Waals surface area contributed by atoms with Gasteiger partial charge in [-0.05, 0) is 20.5 Å². The van der Waals surface area contributed by atoms with Crippen LogP contribution in [0.4, 0.5) is 0 Å². The Kier molecular flexibility index (Phi) is 6.90. The van der Waals surface area contributed by atoms with Crippen LogP contribution in [0.25, 0.3) is 0 Å². The predicted octanol–water partition coefficient (Wildman–Crippen LogP) is 1.41. The fourth-order valence-corrected chi connectivity index (χ4v) is 2.16. The maximum atomic E-state index is 5.90. The molecule has 0 rings (SSSR count). The van der Waals surface area contributed by atoms with Gasteiger partial charge in [0.05, 0.1) is 0 Å². The van der Waals surface area contributed by atoms with Crippen molar-refractivity contribution in [1.82, 2.24) is 4.90 Å². The molecule has 0 saturated carbocycles. The number of rotatable bonds is 6. The van der Waals surface area contributed by atoms with Gasteiger partial charge in [-0.2, -0.15) is 11.8 Å². The van der Waals surface area contributed by atoms with Crippen LogP contribution in [0.3, 0.4) is 0 Å². The highest BCUT2D eigenvalue weighted by atomic mass is 32.2. The lowest BCUT2D eigenvalue weighted by Gasteiger charge is -2.18. The zero-order valence-electron chi connectivity index (χ0n) is 8.71. The zero-order valence-corrected chi connectivity index (χ0v) is 9.53. The largest absolute Gasteiger partial charge is 0.327 e. The molecule has 0 aliphatic heterocycles. The molecular formula is C9H22N2S. The Morgan fingerprint density at radius 1 is 1.42 bits per heavy atom. The molecule has 0 fully saturated rings. The molecule has 0 amide bonds. The quantitative estimate of drug-likeness (QED) is 0.686. The minimum absolute atomic E-state index is 0.358. The van der Waals surface area contributed by atoms with Gasteiger partial charge in [-0.15, -0.1) is 0 Å². The lowest BCUT2D eigenvalue weighted by atomic mass is 10.2. The van der Waals surface area contributed by atoms with Gasteiger partial charge in [-0.3, -0.25) is 0 Å². The SMILES string of the molecule is CCC(N)C(C)SCCN(C)C. The molecule has 0 aromatic rings. The maximum absolute atomic E-state index is 5.90. The average Bonchev–Trinajstić information content (AvgIpc) is 2.02. The first-order valence-corrected chi connectivity index (χ1v) is 5.64. The van der Waals surface area contributed by atoms with Crippen molar-refractivity contribution in [3.63, 3.8) is 0 Å². The van der Waals surface area contributed by atoms with E-state index in [9.17, 15) is 0 Å². The Morgan fingerprint density at radius 2 is 2.00 bits per heavy atom. The molecule has 0 spiro atoms. The van der Waals surface area contributed by atoms with Crippen molar-refractivity contribution < 1.29 is 0 Å². The molecule has 2 nitrogen and oxygen atoms in total. The first kappa shape index (κ1) is 12.3. The molecule has 2 N–H and O–H groups in total. The molecule has 0 radical (unpaired) electrons. The molecule has 74 valence electrons. The minimum Gasteiger partial charge on any atom is -0.327 e. The van der Waals surface area contributed by atoms with Gasteiger partial charge < -0.3 is 10.6 Å². The third-order valence-electron chi connectivity index (χ3n) is 1.99. The first-order chi connectivity index (χ1) is 5.57. The Labute approximate surface area is 80.9 Å². The van der Waals surface area contributed by atoms with Crippen LogP contribution in [0.5, 0.6) is 0 Å². The van der Waals surface area contributed by atoms with Crippen LogP contribution in [0.2, 0.25) is 0 Å². The van der Waals surface area contributed by atoms with Crippen molar-refractivity contribution in [2.24, 2.45) is 5.73 Å². The van der Waals surface area contributed by atoms with Crippen molar-refractivity contribution in [3.05, 3.63) is 0 Å². The Morgan fingerprint density at radius 3 is 2.42 bits per heavy atom. The molecule has 2 unspecified atom stereocenters. The van der Waals surface area contributed by atoms with Crippen LogP contribution in [-0.2, 0) is 0 Å². The number of nitrogens with zero attached hydrogens (tertiary/aromatic N) is 1. The summed E-state index contributed by atoms with van der Waals surface area (Å²) in [6.07, 6.45) is 1.08. The fraction of sp³-hybridized carbons (Fsp3) is 1.00. The van der Waals surface area contributed by atoms with Crippen molar-refractivity contribution in [2.45, 2.75) is 31.6 Å². The van der Waals surface area contributed by atoms with Crippen LogP contribution in [0.15, 0.2) is 0 Å². The van der Waals surface area contributed by atoms with E-state index in [4.69, 9.17) is 5.73 Å². The lowest BCUT2D eigenvalue weighted by Crippen LogP contribution is -2.30. The average molecular weight is 190 g/mol. The van der Waals surface area contributed by atoms with E-state index in [0.29, 0.717) is 11.3 Å². The van der Waals surface area contributed by atoms with Gasteiger partial charge in [0.2, 0.25) is 0 Å².